The molecule has 6 nitrogen and oxygen atoms in total. The molecule has 0 aliphatic heterocycles. The number of nitro groups is 1. The molecular formula is C13H13BrN2O4. The lowest BCUT2D eigenvalue weighted by atomic mass is 10.1. The van der Waals surface area contributed by atoms with Gasteiger partial charge in [0, 0.05) is 26.5 Å². The summed E-state index contributed by atoms with van der Waals surface area (Å²) in [4.78, 5) is 25.1. The van der Waals surface area contributed by atoms with Gasteiger partial charge in [-0.15, -0.1) is 0 Å². The Kier molecular flexibility index (Phi) is 4.39. The number of nitrogens with one attached hydrogen (secondary N) is 1. The van der Waals surface area contributed by atoms with Crippen LogP contribution >= 0.6 is 15.9 Å². The van der Waals surface area contributed by atoms with E-state index in [2.05, 4.69) is 20.9 Å². The standard InChI is InChI=1S/C13H13BrN2O4/c1-2-20-13(17)12(16(18)19)5-8-7-15-11-4-3-9(14)6-10(8)11/h3-4,6-7,12,15H,2,5H2,1H3. The van der Waals surface area contributed by atoms with Crippen molar-refractivity contribution in [3.8, 4) is 0 Å². The number of rotatable bonds is 5. The fraction of sp³-hybridized carbons (Fsp3) is 0.308. The second-order valence-electron chi connectivity index (χ2n) is 4.26. The molecule has 0 bridgehead atoms. The number of aromatic nitrogens is 1. The van der Waals surface area contributed by atoms with E-state index in [9.17, 15) is 14.9 Å². The summed E-state index contributed by atoms with van der Waals surface area (Å²) < 4.78 is 5.62. The Labute approximate surface area is 123 Å². The van der Waals surface area contributed by atoms with Crippen molar-refractivity contribution in [3.05, 3.63) is 44.5 Å². The van der Waals surface area contributed by atoms with Gasteiger partial charge in [0.15, 0.2) is 0 Å². The highest BCUT2D eigenvalue weighted by Gasteiger charge is 2.32. The number of nitrogens with zero attached hydrogens (tertiary/aromatic N) is 1. The van der Waals surface area contributed by atoms with Crippen LogP contribution in [0.1, 0.15) is 12.5 Å². The summed E-state index contributed by atoms with van der Waals surface area (Å²) in [6.07, 6.45) is 1.69. The number of carbonyl (C=O) groups is 1. The molecule has 1 atom stereocenters. The summed E-state index contributed by atoms with van der Waals surface area (Å²) >= 11 is 3.36. The van der Waals surface area contributed by atoms with Gasteiger partial charge in [0.1, 0.15) is 0 Å². The summed E-state index contributed by atoms with van der Waals surface area (Å²) in [5.41, 5.74) is 1.59. The molecule has 0 spiro atoms. The number of H-pyrrole nitrogens is 1. The maximum Gasteiger partial charge on any atom is 0.382 e. The number of ether oxygens (including phenoxy) is 1. The molecule has 106 valence electrons. The SMILES string of the molecule is CCOC(=O)C(Cc1c[nH]c2ccc(Br)cc12)[N+](=O)[O-]. The van der Waals surface area contributed by atoms with Crippen LogP contribution in [0.5, 0.6) is 0 Å². The van der Waals surface area contributed by atoms with Crippen LogP contribution in [0.2, 0.25) is 0 Å². The fourth-order valence-electron chi connectivity index (χ4n) is 2.01. The second kappa shape index (κ2) is 6.04. The highest BCUT2D eigenvalue weighted by atomic mass is 79.9. The monoisotopic (exact) mass is 340 g/mol. The van der Waals surface area contributed by atoms with Gasteiger partial charge < -0.3 is 9.72 Å². The Morgan fingerprint density at radius 3 is 2.95 bits per heavy atom. The van der Waals surface area contributed by atoms with E-state index in [0.717, 1.165) is 20.9 Å². The Morgan fingerprint density at radius 1 is 1.55 bits per heavy atom. The zero-order valence-electron chi connectivity index (χ0n) is 10.8. The van der Waals surface area contributed by atoms with Gasteiger partial charge in [-0.3, -0.25) is 10.1 Å². The number of carbonyl (C=O) groups excluding carboxylic acids is 1. The smallest absolute Gasteiger partial charge is 0.382 e. The van der Waals surface area contributed by atoms with E-state index in [1.165, 1.54) is 0 Å². The van der Waals surface area contributed by atoms with Gasteiger partial charge in [0.25, 0.3) is 0 Å². The number of esters is 1. The fourth-order valence-corrected chi connectivity index (χ4v) is 2.37. The number of hydrogen-bond acceptors (Lipinski definition) is 4. The molecule has 0 saturated heterocycles. The van der Waals surface area contributed by atoms with Crippen molar-refractivity contribution >= 4 is 32.8 Å². The normalized spacial score (nSPS) is 12.3. The summed E-state index contributed by atoms with van der Waals surface area (Å²) in [6, 6.07) is 4.23. The molecule has 0 radical (unpaired) electrons. The van der Waals surface area contributed by atoms with Gasteiger partial charge in [-0.25, -0.2) is 4.79 Å². The minimum atomic E-state index is -1.38. The van der Waals surface area contributed by atoms with Crippen molar-refractivity contribution in [1.82, 2.24) is 4.98 Å². The summed E-state index contributed by atoms with van der Waals surface area (Å²) in [6.45, 7) is 1.75. The molecule has 1 heterocycles. The molecule has 0 amide bonds. The van der Waals surface area contributed by atoms with Gasteiger partial charge in [0.05, 0.1) is 13.0 Å². The molecule has 0 aliphatic carbocycles. The third-order valence-electron chi connectivity index (χ3n) is 2.96. The number of halogens is 1. The highest BCUT2D eigenvalue weighted by Crippen LogP contribution is 2.24. The lowest BCUT2D eigenvalue weighted by Crippen LogP contribution is -2.33. The van der Waals surface area contributed by atoms with Gasteiger partial charge in [-0.1, -0.05) is 15.9 Å². The Hall–Kier alpha value is -1.89. The first-order chi connectivity index (χ1) is 9.52. The zero-order chi connectivity index (χ0) is 14.7. The quantitative estimate of drug-likeness (QED) is 0.515. The van der Waals surface area contributed by atoms with Crippen LogP contribution in [0, 0.1) is 10.1 Å². The third kappa shape index (κ3) is 2.98. The largest absolute Gasteiger partial charge is 0.461 e. The summed E-state index contributed by atoms with van der Waals surface area (Å²) in [5, 5.41) is 11.9. The van der Waals surface area contributed by atoms with Crippen molar-refractivity contribution in [2.24, 2.45) is 0 Å². The Balaban J connectivity index is 2.31. The Bertz CT molecular complexity index is 653. The minimum absolute atomic E-state index is 0.00227. The van der Waals surface area contributed by atoms with Crippen molar-refractivity contribution in [2.75, 3.05) is 6.61 Å². The van der Waals surface area contributed by atoms with Crippen molar-refractivity contribution in [2.45, 2.75) is 19.4 Å². The molecule has 0 fully saturated rings. The van der Waals surface area contributed by atoms with E-state index in [-0.39, 0.29) is 13.0 Å². The van der Waals surface area contributed by atoms with E-state index in [4.69, 9.17) is 4.74 Å². The van der Waals surface area contributed by atoms with Crippen molar-refractivity contribution < 1.29 is 14.5 Å². The van der Waals surface area contributed by atoms with Crippen LogP contribution in [-0.2, 0) is 16.0 Å². The zero-order valence-corrected chi connectivity index (χ0v) is 12.3. The minimum Gasteiger partial charge on any atom is -0.461 e. The first kappa shape index (κ1) is 14.5. The average Bonchev–Trinajstić information content (AvgIpc) is 2.78. The highest BCUT2D eigenvalue weighted by molar-refractivity contribution is 9.10. The van der Waals surface area contributed by atoms with Gasteiger partial charge in [-0.2, -0.15) is 0 Å². The maximum absolute atomic E-state index is 11.6. The third-order valence-corrected chi connectivity index (χ3v) is 3.45. The molecule has 2 rings (SSSR count). The van der Waals surface area contributed by atoms with Gasteiger partial charge in [0.2, 0.25) is 0 Å². The van der Waals surface area contributed by atoms with E-state index in [0.29, 0.717) is 0 Å². The summed E-state index contributed by atoms with van der Waals surface area (Å²) in [5.74, 6) is -0.804. The van der Waals surface area contributed by atoms with Crippen LogP contribution < -0.4 is 0 Å². The van der Waals surface area contributed by atoms with Crippen LogP contribution in [0.25, 0.3) is 10.9 Å². The molecule has 2 aromatic rings. The van der Waals surface area contributed by atoms with Crippen LogP contribution in [0.4, 0.5) is 0 Å². The predicted octanol–water partition coefficient (Wildman–Crippen LogP) is 2.68. The topological polar surface area (TPSA) is 85.2 Å². The van der Waals surface area contributed by atoms with E-state index in [1.54, 1.807) is 13.1 Å². The maximum atomic E-state index is 11.6. The second-order valence-corrected chi connectivity index (χ2v) is 5.18. The van der Waals surface area contributed by atoms with E-state index < -0.39 is 16.9 Å². The molecule has 1 unspecified atom stereocenters. The van der Waals surface area contributed by atoms with Crippen LogP contribution in [-0.4, -0.2) is 28.5 Å². The summed E-state index contributed by atoms with van der Waals surface area (Å²) in [7, 11) is 0. The van der Waals surface area contributed by atoms with Crippen molar-refractivity contribution in [3.63, 3.8) is 0 Å². The molecule has 0 aliphatic rings. The average molecular weight is 341 g/mol. The first-order valence-electron chi connectivity index (χ1n) is 6.08. The Morgan fingerprint density at radius 2 is 2.30 bits per heavy atom. The predicted molar refractivity (Wildman–Crippen MR) is 77.1 cm³/mol. The molecule has 1 aromatic heterocycles. The molecule has 1 aromatic carbocycles. The lowest BCUT2D eigenvalue weighted by molar-refractivity contribution is -0.510. The number of fused-ring (bicyclic) bond motifs is 1. The molecule has 1 N–H and O–H groups in total. The van der Waals surface area contributed by atoms with E-state index in [1.807, 2.05) is 18.2 Å². The molecule has 7 heteroatoms. The molecular weight excluding hydrogens is 328 g/mol. The molecule has 0 saturated carbocycles. The van der Waals surface area contributed by atoms with Crippen molar-refractivity contribution in [1.29, 1.82) is 0 Å². The van der Waals surface area contributed by atoms with Gasteiger partial charge >= 0.3 is 12.0 Å². The van der Waals surface area contributed by atoms with Crippen LogP contribution in [0.15, 0.2) is 28.9 Å². The van der Waals surface area contributed by atoms with Gasteiger partial charge in [-0.05, 0) is 30.7 Å². The number of benzene rings is 1. The number of hydrogen-bond donors (Lipinski definition) is 1. The lowest BCUT2D eigenvalue weighted by Gasteiger charge is -2.08. The first-order valence-corrected chi connectivity index (χ1v) is 6.88. The van der Waals surface area contributed by atoms with E-state index >= 15 is 0 Å². The van der Waals surface area contributed by atoms with Crippen LogP contribution in [0.3, 0.4) is 0 Å². The number of aromatic amines is 1. The molecule has 20 heavy (non-hydrogen) atoms.